The molecule has 0 unspecified atom stereocenters. The fourth-order valence-electron chi connectivity index (χ4n) is 1.96. The summed E-state index contributed by atoms with van der Waals surface area (Å²) in [4.78, 5) is 0. The molecule has 0 aliphatic heterocycles. The van der Waals surface area contributed by atoms with Crippen LogP contribution in [0.5, 0.6) is 11.5 Å². The Labute approximate surface area is 128 Å². The highest BCUT2D eigenvalue weighted by Gasteiger charge is 2.12. The first-order valence-corrected chi connectivity index (χ1v) is 7.05. The summed E-state index contributed by atoms with van der Waals surface area (Å²) in [6.07, 6.45) is 0. The number of para-hydroxylation sites is 1. The lowest BCUT2D eigenvalue weighted by Gasteiger charge is -2.15. The molecule has 5 heteroatoms. The number of hydrogen-bond acceptors (Lipinski definition) is 3. The molecule has 3 nitrogen and oxygen atoms in total. The maximum Gasteiger partial charge on any atom is 0.166 e. The van der Waals surface area contributed by atoms with E-state index in [1.807, 2.05) is 25.1 Å². The SMILES string of the molecule is CCOc1cccc(CN)c1OCc1cccc(F)c1Cl. The average Bonchev–Trinajstić information content (AvgIpc) is 2.49. The Bertz CT molecular complexity index is 619. The monoisotopic (exact) mass is 309 g/mol. The molecular weight excluding hydrogens is 293 g/mol. The van der Waals surface area contributed by atoms with Gasteiger partial charge in [0, 0.05) is 17.7 Å². The molecule has 0 aliphatic rings. The Kier molecular flexibility index (Phi) is 5.42. The molecule has 0 amide bonds. The van der Waals surface area contributed by atoms with Crippen LogP contribution in [0, 0.1) is 5.82 Å². The minimum atomic E-state index is -0.463. The Hall–Kier alpha value is -1.78. The predicted octanol–water partition coefficient (Wildman–Crippen LogP) is 3.92. The van der Waals surface area contributed by atoms with Crippen LogP contribution in [-0.4, -0.2) is 6.61 Å². The zero-order chi connectivity index (χ0) is 15.2. The summed E-state index contributed by atoms with van der Waals surface area (Å²) < 4.78 is 24.7. The second-order valence-corrected chi connectivity index (χ2v) is 4.76. The van der Waals surface area contributed by atoms with Crippen LogP contribution in [0.3, 0.4) is 0 Å². The summed E-state index contributed by atoms with van der Waals surface area (Å²) in [5.41, 5.74) is 7.12. The molecule has 0 bridgehead atoms. The molecule has 0 radical (unpaired) electrons. The van der Waals surface area contributed by atoms with E-state index in [0.29, 0.717) is 30.2 Å². The molecule has 0 fully saturated rings. The third-order valence-corrected chi connectivity index (χ3v) is 3.41. The van der Waals surface area contributed by atoms with Crippen LogP contribution in [0.15, 0.2) is 36.4 Å². The van der Waals surface area contributed by atoms with E-state index in [-0.39, 0.29) is 11.6 Å². The van der Waals surface area contributed by atoms with E-state index in [1.54, 1.807) is 12.1 Å². The van der Waals surface area contributed by atoms with Gasteiger partial charge in [-0.05, 0) is 19.1 Å². The lowest BCUT2D eigenvalue weighted by atomic mass is 10.2. The van der Waals surface area contributed by atoms with Crippen LogP contribution in [0.2, 0.25) is 5.02 Å². The number of halogens is 2. The van der Waals surface area contributed by atoms with Crippen molar-refractivity contribution in [2.24, 2.45) is 5.73 Å². The van der Waals surface area contributed by atoms with E-state index in [2.05, 4.69) is 0 Å². The Morgan fingerprint density at radius 3 is 2.52 bits per heavy atom. The molecule has 0 aliphatic carbocycles. The maximum atomic E-state index is 13.4. The van der Waals surface area contributed by atoms with Gasteiger partial charge < -0.3 is 15.2 Å². The van der Waals surface area contributed by atoms with Crippen LogP contribution >= 0.6 is 11.6 Å². The second-order valence-electron chi connectivity index (χ2n) is 4.38. The first-order chi connectivity index (χ1) is 10.2. The summed E-state index contributed by atoms with van der Waals surface area (Å²) in [5.74, 6) is 0.727. The smallest absolute Gasteiger partial charge is 0.166 e. The van der Waals surface area contributed by atoms with Crippen molar-refractivity contribution in [2.45, 2.75) is 20.1 Å². The highest BCUT2D eigenvalue weighted by molar-refractivity contribution is 6.31. The van der Waals surface area contributed by atoms with Crippen molar-refractivity contribution in [3.8, 4) is 11.5 Å². The van der Waals surface area contributed by atoms with Crippen LogP contribution in [0.4, 0.5) is 4.39 Å². The standard InChI is InChI=1S/C16H17ClFNO2/c1-2-20-14-8-4-5-11(9-19)16(14)21-10-12-6-3-7-13(18)15(12)17/h3-8H,2,9-10,19H2,1H3. The van der Waals surface area contributed by atoms with Gasteiger partial charge in [-0.25, -0.2) is 4.39 Å². The molecule has 21 heavy (non-hydrogen) atoms. The Morgan fingerprint density at radius 1 is 1.10 bits per heavy atom. The van der Waals surface area contributed by atoms with Gasteiger partial charge in [0.25, 0.3) is 0 Å². The predicted molar refractivity (Wildman–Crippen MR) is 81.2 cm³/mol. The van der Waals surface area contributed by atoms with E-state index < -0.39 is 5.82 Å². The Balaban J connectivity index is 2.24. The average molecular weight is 310 g/mol. The first kappa shape index (κ1) is 15.6. The molecule has 112 valence electrons. The molecule has 0 saturated heterocycles. The van der Waals surface area contributed by atoms with Crippen molar-refractivity contribution in [1.29, 1.82) is 0 Å². The number of rotatable bonds is 6. The molecule has 2 aromatic rings. The van der Waals surface area contributed by atoms with Crippen LogP contribution in [0.1, 0.15) is 18.1 Å². The molecule has 0 saturated carbocycles. The highest BCUT2D eigenvalue weighted by atomic mass is 35.5. The molecule has 0 spiro atoms. The number of nitrogens with two attached hydrogens (primary N) is 1. The molecular formula is C16H17ClFNO2. The summed E-state index contributed by atoms with van der Waals surface area (Å²) in [6, 6.07) is 10.2. The quantitative estimate of drug-likeness (QED) is 0.879. The van der Waals surface area contributed by atoms with Crippen LogP contribution in [-0.2, 0) is 13.2 Å². The largest absolute Gasteiger partial charge is 0.490 e. The molecule has 0 atom stereocenters. The topological polar surface area (TPSA) is 44.5 Å². The van der Waals surface area contributed by atoms with E-state index in [9.17, 15) is 4.39 Å². The first-order valence-electron chi connectivity index (χ1n) is 6.67. The van der Waals surface area contributed by atoms with Gasteiger partial charge in [-0.1, -0.05) is 35.9 Å². The summed E-state index contributed by atoms with van der Waals surface area (Å²) in [7, 11) is 0. The van der Waals surface area contributed by atoms with E-state index in [1.165, 1.54) is 6.07 Å². The Morgan fingerprint density at radius 2 is 1.81 bits per heavy atom. The zero-order valence-electron chi connectivity index (χ0n) is 11.7. The fourth-order valence-corrected chi connectivity index (χ4v) is 2.15. The number of benzene rings is 2. The van der Waals surface area contributed by atoms with Crippen molar-refractivity contribution in [1.82, 2.24) is 0 Å². The van der Waals surface area contributed by atoms with Gasteiger partial charge in [-0.3, -0.25) is 0 Å². The van der Waals surface area contributed by atoms with Gasteiger partial charge >= 0.3 is 0 Å². The minimum Gasteiger partial charge on any atom is -0.490 e. The van der Waals surface area contributed by atoms with Crippen molar-refractivity contribution in [3.63, 3.8) is 0 Å². The normalized spacial score (nSPS) is 10.5. The van der Waals surface area contributed by atoms with Crippen molar-refractivity contribution < 1.29 is 13.9 Å². The molecule has 2 aromatic carbocycles. The van der Waals surface area contributed by atoms with Gasteiger partial charge in [0.1, 0.15) is 12.4 Å². The van der Waals surface area contributed by atoms with E-state index >= 15 is 0 Å². The summed E-state index contributed by atoms with van der Waals surface area (Å²) >= 11 is 5.92. The molecule has 2 N–H and O–H groups in total. The van der Waals surface area contributed by atoms with Crippen LogP contribution in [0.25, 0.3) is 0 Å². The minimum absolute atomic E-state index is 0.0701. The number of ether oxygens (including phenoxy) is 2. The maximum absolute atomic E-state index is 13.4. The third-order valence-electron chi connectivity index (χ3n) is 2.98. The van der Waals surface area contributed by atoms with Crippen LogP contribution < -0.4 is 15.2 Å². The van der Waals surface area contributed by atoms with Gasteiger partial charge in [0.05, 0.1) is 11.6 Å². The highest BCUT2D eigenvalue weighted by Crippen LogP contribution is 2.32. The summed E-state index contributed by atoms with van der Waals surface area (Å²) in [5, 5.41) is 0.0701. The van der Waals surface area contributed by atoms with Gasteiger partial charge in [0.15, 0.2) is 11.5 Å². The summed E-state index contributed by atoms with van der Waals surface area (Å²) in [6.45, 7) is 2.88. The second kappa shape index (κ2) is 7.29. The lowest BCUT2D eigenvalue weighted by Crippen LogP contribution is -2.06. The zero-order valence-corrected chi connectivity index (χ0v) is 12.5. The molecule has 2 rings (SSSR count). The van der Waals surface area contributed by atoms with Gasteiger partial charge in [0.2, 0.25) is 0 Å². The van der Waals surface area contributed by atoms with Gasteiger partial charge in [-0.2, -0.15) is 0 Å². The van der Waals surface area contributed by atoms with Crippen molar-refractivity contribution >= 4 is 11.6 Å². The van der Waals surface area contributed by atoms with E-state index in [4.69, 9.17) is 26.8 Å². The number of hydrogen-bond donors (Lipinski definition) is 1. The van der Waals surface area contributed by atoms with Crippen molar-refractivity contribution in [2.75, 3.05) is 6.61 Å². The van der Waals surface area contributed by atoms with E-state index in [0.717, 1.165) is 5.56 Å². The fraction of sp³-hybridized carbons (Fsp3) is 0.250. The third kappa shape index (κ3) is 3.65. The van der Waals surface area contributed by atoms with Crippen molar-refractivity contribution in [3.05, 3.63) is 58.4 Å². The molecule has 0 aromatic heterocycles. The molecule has 0 heterocycles. The van der Waals surface area contributed by atoms with Gasteiger partial charge in [-0.15, -0.1) is 0 Å². The lowest BCUT2D eigenvalue weighted by molar-refractivity contribution is 0.266.